The van der Waals surface area contributed by atoms with Gasteiger partial charge < -0.3 is 25.4 Å². The van der Waals surface area contributed by atoms with E-state index in [1.165, 1.54) is 24.3 Å². The number of rotatable bonds is 2. The standard InChI is InChI=1S/C20H25NO6/c1-3-21-14-10-13-7-5-9-16(23)19(25)15(22)8-4-6-12(2)27-20(26)18(13)17(24)11-14/h4-5,7-8,10-12,16,19,21,23-25H,3,6,9H2,1-2H3/b7-5+,8-4-/t12?,16?,19-/m1/s1. The van der Waals surface area contributed by atoms with E-state index < -0.39 is 30.1 Å². The molecule has 1 aliphatic rings. The Bertz CT molecular complexity index is 755. The Labute approximate surface area is 158 Å². The maximum Gasteiger partial charge on any atom is 0.342 e. The highest BCUT2D eigenvalue weighted by molar-refractivity contribution is 5.97. The van der Waals surface area contributed by atoms with E-state index in [0.717, 1.165) is 0 Å². The maximum atomic E-state index is 12.5. The Hall–Kier alpha value is -2.64. The van der Waals surface area contributed by atoms with Crippen molar-refractivity contribution >= 4 is 23.5 Å². The smallest absolute Gasteiger partial charge is 0.342 e. The van der Waals surface area contributed by atoms with Gasteiger partial charge in [-0.25, -0.2) is 4.79 Å². The van der Waals surface area contributed by atoms with Gasteiger partial charge in [0, 0.05) is 24.7 Å². The van der Waals surface area contributed by atoms with E-state index in [2.05, 4.69) is 5.32 Å². The SMILES string of the molecule is CCNc1cc(O)c2c(c1)/C=C/CC(O)[C@H](O)C(=O)/C=C\CC(C)OC2=O. The van der Waals surface area contributed by atoms with Crippen molar-refractivity contribution < 1.29 is 29.6 Å². The van der Waals surface area contributed by atoms with E-state index >= 15 is 0 Å². The van der Waals surface area contributed by atoms with Gasteiger partial charge in [0.1, 0.15) is 23.5 Å². The molecule has 7 nitrogen and oxygen atoms in total. The summed E-state index contributed by atoms with van der Waals surface area (Å²) in [4.78, 5) is 24.4. The topological polar surface area (TPSA) is 116 Å². The van der Waals surface area contributed by atoms with Crippen molar-refractivity contribution in [2.75, 3.05) is 11.9 Å². The maximum absolute atomic E-state index is 12.5. The van der Waals surface area contributed by atoms with Crippen LogP contribution in [0.5, 0.6) is 5.75 Å². The van der Waals surface area contributed by atoms with E-state index in [1.54, 1.807) is 19.1 Å². The minimum atomic E-state index is -1.53. The Morgan fingerprint density at radius 2 is 1.85 bits per heavy atom. The van der Waals surface area contributed by atoms with Crippen LogP contribution in [0, 0.1) is 0 Å². The van der Waals surface area contributed by atoms with Gasteiger partial charge in [0.05, 0.1) is 6.10 Å². The summed E-state index contributed by atoms with van der Waals surface area (Å²) in [6, 6.07) is 3.13. The summed E-state index contributed by atoms with van der Waals surface area (Å²) in [7, 11) is 0. The van der Waals surface area contributed by atoms with Crippen LogP contribution in [0.15, 0.2) is 30.4 Å². The highest BCUT2D eigenvalue weighted by atomic mass is 16.5. The van der Waals surface area contributed by atoms with Crippen LogP contribution in [-0.4, -0.2) is 51.9 Å². The lowest BCUT2D eigenvalue weighted by molar-refractivity contribution is -0.127. The number of aliphatic hydroxyl groups is 2. The van der Waals surface area contributed by atoms with Gasteiger partial charge in [-0.2, -0.15) is 0 Å². The largest absolute Gasteiger partial charge is 0.507 e. The molecule has 0 aliphatic carbocycles. The van der Waals surface area contributed by atoms with Crippen LogP contribution in [0.3, 0.4) is 0 Å². The van der Waals surface area contributed by atoms with Gasteiger partial charge in [0.25, 0.3) is 0 Å². The minimum Gasteiger partial charge on any atom is -0.507 e. The summed E-state index contributed by atoms with van der Waals surface area (Å²) in [5.74, 6) is -1.51. The number of nitrogens with one attached hydrogen (secondary N) is 1. The van der Waals surface area contributed by atoms with Crippen molar-refractivity contribution in [1.82, 2.24) is 0 Å². The molecule has 27 heavy (non-hydrogen) atoms. The number of aromatic hydroxyl groups is 1. The van der Waals surface area contributed by atoms with Crippen molar-refractivity contribution in [2.45, 2.75) is 45.0 Å². The predicted octanol–water partition coefficient (Wildman–Crippen LogP) is 2.02. The van der Waals surface area contributed by atoms with Gasteiger partial charge in [-0.15, -0.1) is 0 Å². The Kier molecular flexibility index (Phi) is 7.15. The number of anilines is 1. The number of phenolic OH excluding ortho intramolecular Hbond substituents is 1. The molecule has 146 valence electrons. The number of aliphatic hydroxyl groups excluding tert-OH is 2. The Balaban J connectivity index is 2.45. The number of ether oxygens (including phenoxy) is 1. The van der Waals surface area contributed by atoms with E-state index in [9.17, 15) is 24.9 Å². The second-order valence-corrected chi connectivity index (χ2v) is 6.40. The Morgan fingerprint density at radius 3 is 2.56 bits per heavy atom. The molecule has 3 atom stereocenters. The molecule has 7 heteroatoms. The molecule has 0 saturated carbocycles. The summed E-state index contributed by atoms with van der Waals surface area (Å²) in [5, 5.41) is 33.3. The molecule has 1 heterocycles. The third-order valence-electron chi connectivity index (χ3n) is 4.12. The number of hydrogen-bond acceptors (Lipinski definition) is 7. The molecule has 0 fully saturated rings. The molecule has 0 spiro atoms. The number of phenols is 1. The van der Waals surface area contributed by atoms with Crippen molar-refractivity contribution in [3.63, 3.8) is 0 Å². The van der Waals surface area contributed by atoms with Crippen molar-refractivity contribution in [1.29, 1.82) is 0 Å². The fourth-order valence-electron chi connectivity index (χ4n) is 2.73. The number of esters is 1. The normalized spacial score (nSPS) is 26.4. The minimum absolute atomic E-state index is 0.00215. The number of hydrogen-bond donors (Lipinski definition) is 4. The van der Waals surface area contributed by atoms with Crippen LogP contribution in [-0.2, 0) is 9.53 Å². The molecular formula is C20H25NO6. The second-order valence-electron chi connectivity index (χ2n) is 6.40. The summed E-state index contributed by atoms with van der Waals surface area (Å²) in [6.45, 7) is 4.18. The van der Waals surface area contributed by atoms with E-state index in [0.29, 0.717) is 17.8 Å². The number of cyclic esters (lactones) is 1. The zero-order chi connectivity index (χ0) is 20.0. The fourth-order valence-corrected chi connectivity index (χ4v) is 2.73. The third-order valence-corrected chi connectivity index (χ3v) is 4.12. The molecule has 1 aromatic rings. The van der Waals surface area contributed by atoms with Crippen LogP contribution in [0.4, 0.5) is 5.69 Å². The number of ketones is 1. The van der Waals surface area contributed by atoms with Gasteiger partial charge in [-0.3, -0.25) is 4.79 Å². The quantitative estimate of drug-likeness (QED) is 0.585. The third kappa shape index (κ3) is 5.42. The van der Waals surface area contributed by atoms with E-state index in [1.807, 2.05) is 6.92 Å². The average Bonchev–Trinajstić information content (AvgIpc) is 2.59. The molecule has 0 saturated heterocycles. The van der Waals surface area contributed by atoms with Crippen molar-refractivity contribution in [3.05, 3.63) is 41.5 Å². The summed E-state index contributed by atoms with van der Waals surface area (Å²) < 4.78 is 5.36. The zero-order valence-electron chi connectivity index (χ0n) is 15.4. The number of fused-ring (bicyclic) bond motifs is 1. The highest BCUT2D eigenvalue weighted by Crippen LogP contribution is 2.29. The molecule has 4 N–H and O–H groups in total. The summed E-state index contributed by atoms with van der Waals surface area (Å²) in [6.07, 6.45) is 2.61. The summed E-state index contributed by atoms with van der Waals surface area (Å²) in [5.41, 5.74) is 1.05. The molecule has 0 amide bonds. The number of carbonyl (C=O) groups excluding carboxylic acids is 2. The van der Waals surface area contributed by atoms with E-state index in [-0.39, 0.29) is 24.2 Å². The van der Waals surface area contributed by atoms with Gasteiger partial charge in [0.2, 0.25) is 0 Å². The zero-order valence-corrected chi connectivity index (χ0v) is 15.4. The first-order valence-electron chi connectivity index (χ1n) is 8.88. The molecule has 1 aromatic carbocycles. The highest BCUT2D eigenvalue weighted by Gasteiger charge is 2.23. The van der Waals surface area contributed by atoms with Gasteiger partial charge in [-0.1, -0.05) is 18.2 Å². The van der Waals surface area contributed by atoms with Gasteiger partial charge in [-0.05, 0) is 38.0 Å². The van der Waals surface area contributed by atoms with Crippen LogP contribution in [0.25, 0.3) is 6.08 Å². The molecule has 0 aromatic heterocycles. The van der Waals surface area contributed by atoms with Crippen LogP contribution in [0.1, 0.15) is 42.6 Å². The molecule has 0 radical (unpaired) electrons. The first kappa shape index (κ1) is 20.7. The van der Waals surface area contributed by atoms with Crippen LogP contribution >= 0.6 is 0 Å². The monoisotopic (exact) mass is 375 g/mol. The predicted molar refractivity (Wildman–Crippen MR) is 102 cm³/mol. The number of carbonyl (C=O) groups is 2. The van der Waals surface area contributed by atoms with Gasteiger partial charge >= 0.3 is 5.97 Å². The van der Waals surface area contributed by atoms with Crippen molar-refractivity contribution in [3.8, 4) is 5.75 Å². The first-order valence-corrected chi connectivity index (χ1v) is 8.88. The lowest BCUT2D eigenvalue weighted by Gasteiger charge is -2.17. The lowest BCUT2D eigenvalue weighted by atomic mass is 10.0. The lowest BCUT2D eigenvalue weighted by Crippen LogP contribution is -2.32. The fraction of sp³-hybridized carbons (Fsp3) is 0.400. The summed E-state index contributed by atoms with van der Waals surface area (Å²) >= 11 is 0. The average molecular weight is 375 g/mol. The van der Waals surface area contributed by atoms with Crippen LogP contribution < -0.4 is 5.32 Å². The first-order chi connectivity index (χ1) is 12.8. The molecule has 2 rings (SSSR count). The second kappa shape index (κ2) is 9.34. The number of benzene rings is 1. The molecular weight excluding hydrogens is 350 g/mol. The molecule has 1 aliphatic heterocycles. The van der Waals surface area contributed by atoms with E-state index in [4.69, 9.17) is 4.74 Å². The molecule has 0 bridgehead atoms. The Morgan fingerprint density at radius 1 is 1.15 bits per heavy atom. The van der Waals surface area contributed by atoms with Gasteiger partial charge in [0.15, 0.2) is 5.78 Å². The van der Waals surface area contributed by atoms with Crippen LogP contribution in [0.2, 0.25) is 0 Å². The van der Waals surface area contributed by atoms with Crippen molar-refractivity contribution in [2.24, 2.45) is 0 Å². The molecule has 2 unspecified atom stereocenters.